The van der Waals surface area contributed by atoms with E-state index in [0.717, 1.165) is 44.0 Å². The summed E-state index contributed by atoms with van der Waals surface area (Å²) in [5.74, 6) is 3.03. The molecular weight excluding hydrogens is 405 g/mol. The minimum atomic E-state index is -0.304. The van der Waals surface area contributed by atoms with Gasteiger partial charge in [0, 0.05) is 32.0 Å². The van der Waals surface area contributed by atoms with Gasteiger partial charge in [-0.3, -0.25) is 4.90 Å². The first-order valence-electron chi connectivity index (χ1n) is 11.4. The van der Waals surface area contributed by atoms with Crippen LogP contribution >= 0.6 is 0 Å². The summed E-state index contributed by atoms with van der Waals surface area (Å²) in [5.41, 5.74) is 1.27. The molecule has 1 aliphatic carbocycles. The lowest BCUT2D eigenvalue weighted by atomic mass is 9.77. The summed E-state index contributed by atoms with van der Waals surface area (Å²) in [7, 11) is 1.71. The van der Waals surface area contributed by atoms with Crippen molar-refractivity contribution in [1.82, 2.24) is 14.5 Å². The van der Waals surface area contributed by atoms with Crippen LogP contribution in [0.2, 0.25) is 0 Å². The quantitative estimate of drug-likeness (QED) is 0.554. The molecule has 3 aromatic rings. The van der Waals surface area contributed by atoms with Gasteiger partial charge in [0.05, 0.1) is 13.2 Å². The van der Waals surface area contributed by atoms with E-state index in [1.165, 1.54) is 11.6 Å². The van der Waals surface area contributed by atoms with Gasteiger partial charge in [-0.15, -0.1) is 0 Å². The second-order valence-electron chi connectivity index (χ2n) is 9.07. The average Bonchev–Trinajstić information content (AvgIpc) is 3.39. The molecule has 4 atom stereocenters. The first kappa shape index (κ1) is 21.0. The van der Waals surface area contributed by atoms with Crippen LogP contribution in [0.1, 0.15) is 30.3 Å². The summed E-state index contributed by atoms with van der Waals surface area (Å²) in [6.07, 6.45) is 5.70. The molecule has 2 aliphatic rings. The predicted molar refractivity (Wildman–Crippen MR) is 121 cm³/mol. The summed E-state index contributed by atoms with van der Waals surface area (Å²) >= 11 is 0. The third-order valence-corrected chi connectivity index (χ3v) is 7.04. The number of rotatable bonds is 6. The molecule has 6 heteroatoms. The van der Waals surface area contributed by atoms with Crippen LogP contribution in [0, 0.1) is 24.6 Å². The molecule has 1 saturated carbocycles. The summed E-state index contributed by atoms with van der Waals surface area (Å²) in [4.78, 5) is 6.97. The van der Waals surface area contributed by atoms with E-state index in [0.29, 0.717) is 17.6 Å². The third-order valence-electron chi connectivity index (χ3n) is 7.04. The molecule has 0 spiro atoms. The molecule has 1 aromatic heterocycles. The summed E-state index contributed by atoms with van der Waals surface area (Å²) in [6, 6.07) is 15.2. The van der Waals surface area contributed by atoms with Gasteiger partial charge in [0.1, 0.15) is 17.7 Å². The Bertz CT molecular complexity index is 1070. The summed E-state index contributed by atoms with van der Waals surface area (Å²) < 4.78 is 28.3. The Morgan fingerprint density at radius 3 is 2.62 bits per heavy atom. The Kier molecular flexibility index (Phi) is 5.87. The van der Waals surface area contributed by atoms with E-state index in [-0.39, 0.29) is 18.0 Å². The molecule has 168 valence electrons. The number of likely N-dealkylation sites (tertiary alicyclic amines) is 1. The third kappa shape index (κ3) is 4.24. The Labute approximate surface area is 188 Å². The molecule has 2 aromatic carbocycles. The SMILES string of the molecule is COc1cccc(CN2C[C@H]3C[C@H](Oc4ccccc4F)[C@@H](n4ccnc4C)C[C@H]3C2)c1. The molecule has 5 rings (SSSR count). The van der Waals surface area contributed by atoms with Crippen LogP contribution in [0.15, 0.2) is 60.9 Å². The highest BCUT2D eigenvalue weighted by atomic mass is 19.1. The zero-order valence-electron chi connectivity index (χ0n) is 18.7. The van der Waals surface area contributed by atoms with Crippen molar-refractivity contribution in [2.24, 2.45) is 11.8 Å². The Hall–Kier alpha value is -2.86. The monoisotopic (exact) mass is 435 g/mol. The fourth-order valence-electron chi connectivity index (χ4n) is 5.51. The second-order valence-corrected chi connectivity index (χ2v) is 9.07. The van der Waals surface area contributed by atoms with Gasteiger partial charge in [-0.1, -0.05) is 24.3 Å². The van der Waals surface area contributed by atoms with Crippen molar-refractivity contribution in [2.75, 3.05) is 20.2 Å². The highest BCUT2D eigenvalue weighted by Crippen LogP contribution is 2.43. The van der Waals surface area contributed by atoms with E-state index in [4.69, 9.17) is 9.47 Å². The Morgan fingerprint density at radius 2 is 1.88 bits per heavy atom. The number of aryl methyl sites for hydroxylation is 1. The lowest BCUT2D eigenvalue weighted by Gasteiger charge is -2.39. The zero-order valence-corrected chi connectivity index (χ0v) is 18.7. The van der Waals surface area contributed by atoms with Crippen LogP contribution in [0.4, 0.5) is 4.39 Å². The van der Waals surface area contributed by atoms with E-state index in [9.17, 15) is 4.39 Å². The van der Waals surface area contributed by atoms with Crippen molar-refractivity contribution in [1.29, 1.82) is 0 Å². The second kappa shape index (κ2) is 8.94. The van der Waals surface area contributed by atoms with Gasteiger partial charge in [0.2, 0.25) is 0 Å². The fourth-order valence-corrected chi connectivity index (χ4v) is 5.51. The van der Waals surface area contributed by atoms with Crippen molar-refractivity contribution in [3.05, 3.63) is 78.1 Å². The number of fused-ring (bicyclic) bond motifs is 1. The zero-order chi connectivity index (χ0) is 22.1. The van der Waals surface area contributed by atoms with Crippen molar-refractivity contribution in [3.63, 3.8) is 0 Å². The number of methoxy groups -OCH3 is 1. The first-order valence-corrected chi connectivity index (χ1v) is 11.4. The maximum Gasteiger partial charge on any atom is 0.165 e. The fraction of sp³-hybridized carbons (Fsp3) is 0.423. The number of hydrogen-bond donors (Lipinski definition) is 0. The normalized spacial score (nSPS) is 25.5. The lowest BCUT2D eigenvalue weighted by Crippen LogP contribution is -2.40. The number of aromatic nitrogens is 2. The topological polar surface area (TPSA) is 39.5 Å². The van der Waals surface area contributed by atoms with E-state index < -0.39 is 0 Å². The maximum atomic E-state index is 14.4. The van der Waals surface area contributed by atoms with Crippen LogP contribution in [0.25, 0.3) is 0 Å². The molecule has 1 aliphatic heterocycles. The number of benzene rings is 2. The van der Waals surface area contributed by atoms with Crippen LogP contribution < -0.4 is 9.47 Å². The summed E-state index contributed by atoms with van der Waals surface area (Å²) in [5, 5.41) is 0. The van der Waals surface area contributed by atoms with Crippen molar-refractivity contribution in [2.45, 2.75) is 38.5 Å². The maximum absolute atomic E-state index is 14.4. The van der Waals surface area contributed by atoms with Crippen LogP contribution in [0.5, 0.6) is 11.5 Å². The smallest absolute Gasteiger partial charge is 0.165 e. The van der Waals surface area contributed by atoms with E-state index in [1.807, 2.05) is 37.5 Å². The molecule has 1 saturated heterocycles. The Morgan fingerprint density at radius 1 is 1.06 bits per heavy atom. The lowest BCUT2D eigenvalue weighted by molar-refractivity contribution is 0.0509. The molecule has 0 amide bonds. The van der Waals surface area contributed by atoms with Gasteiger partial charge in [0.25, 0.3) is 0 Å². The number of halogens is 1. The molecule has 0 N–H and O–H groups in total. The first-order chi connectivity index (χ1) is 15.6. The van der Waals surface area contributed by atoms with E-state index in [1.54, 1.807) is 19.2 Å². The predicted octanol–water partition coefficient (Wildman–Crippen LogP) is 4.87. The molecule has 0 bridgehead atoms. The van der Waals surface area contributed by atoms with Crippen molar-refractivity contribution >= 4 is 0 Å². The molecular formula is C26H30FN3O2. The molecule has 32 heavy (non-hydrogen) atoms. The minimum Gasteiger partial charge on any atom is -0.497 e. The minimum absolute atomic E-state index is 0.0854. The van der Waals surface area contributed by atoms with E-state index in [2.05, 4.69) is 26.6 Å². The number of ether oxygens (including phenoxy) is 2. The number of nitrogens with zero attached hydrogens (tertiary/aromatic N) is 3. The van der Waals surface area contributed by atoms with Crippen LogP contribution in [-0.4, -0.2) is 40.8 Å². The molecule has 0 radical (unpaired) electrons. The van der Waals surface area contributed by atoms with Crippen LogP contribution in [0.3, 0.4) is 0 Å². The molecule has 2 heterocycles. The van der Waals surface area contributed by atoms with Gasteiger partial charge in [0.15, 0.2) is 11.6 Å². The van der Waals surface area contributed by atoms with E-state index >= 15 is 0 Å². The highest BCUT2D eigenvalue weighted by molar-refractivity contribution is 5.28. The largest absolute Gasteiger partial charge is 0.497 e. The highest BCUT2D eigenvalue weighted by Gasteiger charge is 2.44. The van der Waals surface area contributed by atoms with Gasteiger partial charge >= 0.3 is 0 Å². The van der Waals surface area contributed by atoms with Gasteiger partial charge in [-0.05, 0) is 61.4 Å². The Balaban J connectivity index is 1.35. The molecule has 2 fully saturated rings. The number of imidazole rings is 1. The molecule has 0 unspecified atom stereocenters. The number of para-hydroxylation sites is 1. The number of hydrogen-bond acceptors (Lipinski definition) is 4. The average molecular weight is 436 g/mol. The van der Waals surface area contributed by atoms with Crippen molar-refractivity contribution < 1.29 is 13.9 Å². The molecule has 5 nitrogen and oxygen atoms in total. The van der Waals surface area contributed by atoms with Gasteiger partial charge < -0.3 is 14.0 Å². The standard InChI is InChI=1S/C26H30FN3O2/c1-18-28-10-11-30(18)24-13-20-16-29(15-19-6-5-7-22(12-19)31-2)17-21(20)14-26(24)32-25-9-4-3-8-23(25)27/h3-12,20-21,24,26H,13-17H2,1-2H3/t20-,21+,24-,26-/m0/s1. The summed E-state index contributed by atoms with van der Waals surface area (Å²) in [6.45, 7) is 5.04. The van der Waals surface area contributed by atoms with Gasteiger partial charge in [-0.2, -0.15) is 0 Å². The van der Waals surface area contributed by atoms with Crippen LogP contribution in [-0.2, 0) is 6.54 Å². The van der Waals surface area contributed by atoms with Crippen molar-refractivity contribution in [3.8, 4) is 11.5 Å². The van der Waals surface area contributed by atoms with Gasteiger partial charge in [-0.25, -0.2) is 9.37 Å².